The summed E-state index contributed by atoms with van der Waals surface area (Å²) in [6.45, 7) is 13.5. The Morgan fingerprint density at radius 2 is 0.982 bits per heavy atom. The monoisotopic (exact) mass is 803 g/mol. The van der Waals surface area contributed by atoms with E-state index in [1.807, 2.05) is 0 Å². The van der Waals surface area contributed by atoms with Crippen LogP contribution in [-0.2, 0) is 47.5 Å². The number of hydrogen-bond acceptors (Lipinski definition) is 14. The van der Waals surface area contributed by atoms with E-state index in [1.54, 1.807) is 52.0 Å². The quantitative estimate of drug-likeness (QED) is 0.0582. The predicted octanol–water partition coefficient (Wildman–Crippen LogP) is 6.40. The smallest absolute Gasteiger partial charge is 0.412 e. The van der Waals surface area contributed by atoms with E-state index in [1.165, 1.54) is 56.7 Å². The molecule has 0 atom stereocenters. The summed E-state index contributed by atoms with van der Waals surface area (Å²) in [6, 6.07) is 6.77. The average Bonchev–Trinajstić information content (AvgIpc) is 3.13. The second-order valence-electron chi connectivity index (χ2n) is 13.5. The van der Waals surface area contributed by atoms with Gasteiger partial charge in [0.25, 0.3) is 0 Å². The number of thioether (sulfide) groups is 1. The van der Waals surface area contributed by atoms with Gasteiger partial charge in [0.15, 0.2) is 5.12 Å². The van der Waals surface area contributed by atoms with Crippen molar-refractivity contribution in [2.45, 2.75) is 91.1 Å². The topological polar surface area (TPSA) is 156 Å². The fourth-order valence-electron chi connectivity index (χ4n) is 4.68. The van der Waals surface area contributed by atoms with Crippen LogP contribution in [0.1, 0.15) is 85.5 Å². The van der Waals surface area contributed by atoms with E-state index in [0.717, 1.165) is 25.2 Å². The van der Waals surface area contributed by atoms with Crippen LogP contribution in [0.15, 0.2) is 24.3 Å². The molecule has 0 aliphatic carbocycles. The van der Waals surface area contributed by atoms with Gasteiger partial charge in [0.1, 0.15) is 30.3 Å². The lowest BCUT2D eigenvalue weighted by Crippen LogP contribution is -2.30. The number of carbonyl (C=O) groups is 3. The minimum Gasteiger partial charge on any atom is -0.491 e. The van der Waals surface area contributed by atoms with Gasteiger partial charge in [-0.05, 0) is 57.9 Å². The Morgan fingerprint density at radius 3 is 1.51 bits per heavy atom. The molecule has 1 amide bonds. The molecule has 0 saturated carbocycles. The number of nitrogens with one attached hydrogen (secondary N) is 1. The Labute approximate surface area is 333 Å². The van der Waals surface area contributed by atoms with Gasteiger partial charge in [0, 0.05) is 25.8 Å². The summed E-state index contributed by atoms with van der Waals surface area (Å²) in [7, 11) is 0. The third kappa shape index (κ3) is 36.9. The van der Waals surface area contributed by atoms with Crippen molar-refractivity contribution in [2.24, 2.45) is 0 Å². The van der Waals surface area contributed by atoms with Crippen LogP contribution in [-0.4, -0.2) is 134 Å². The van der Waals surface area contributed by atoms with Crippen molar-refractivity contribution in [3.63, 3.8) is 0 Å². The molecule has 0 aliphatic heterocycles. The lowest BCUT2D eigenvalue weighted by molar-refractivity contribution is -0.160. The van der Waals surface area contributed by atoms with Crippen LogP contribution in [0.2, 0.25) is 0 Å². The molecular weight excluding hydrogens is 735 g/mol. The van der Waals surface area contributed by atoms with E-state index in [2.05, 4.69) is 5.32 Å². The van der Waals surface area contributed by atoms with Crippen LogP contribution in [0.3, 0.4) is 0 Å². The maximum absolute atomic E-state index is 12.0. The molecule has 0 saturated heterocycles. The van der Waals surface area contributed by atoms with Gasteiger partial charge in [0.05, 0.1) is 79.3 Å². The van der Waals surface area contributed by atoms with Crippen molar-refractivity contribution in [3.8, 4) is 11.5 Å². The molecule has 1 aromatic carbocycles. The zero-order valence-electron chi connectivity index (χ0n) is 33.9. The molecule has 15 heteroatoms. The molecule has 0 aromatic heterocycles. The standard InChI is InChI=1S/C40H69NO13S/c1-35(42)55-33-13-11-9-7-5-6-8-10-12-19-45-21-23-47-27-28-50-31-32-52-36-14-16-37(17-15-36)53-39(44)41-18-20-46-22-24-48-25-26-49-29-30-51-34-38(43)54-40(2,3)4/h14-17H,5-13,18-34H2,1-4H3,(H,41,44). The lowest BCUT2D eigenvalue weighted by Gasteiger charge is -2.19. The molecule has 1 rings (SSSR count). The number of ether oxygens (including phenoxy) is 10. The van der Waals surface area contributed by atoms with Gasteiger partial charge >= 0.3 is 12.1 Å². The molecule has 0 aliphatic rings. The Morgan fingerprint density at radius 1 is 0.545 bits per heavy atom. The SMILES string of the molecule is CC(=O)SCCCCCCCCCCCOCCOCCOCCOc1ccc(OC(=O)NCCOCCOCCOCCOCC(=O)OC(C)(C)C)cc1. The first-order chi connectivity index (χ1) is 26.7. The van der Waals surface area contributed by atoms with E-state index in [4.69, 9.17) is 47.4 Å². The Balaban J connectivity index is 1.83. The highest BCUT2D eigenvalue weighted by Gasteiger charge is 2.16. The molecule has 0 heterocycles. The normalized spacial score (nSPS) is 11.4. The second kappa shape index (κ2) is 35.9. The number of carbonyl (C=O) groups excluding carboxylic acids is 3. The fraction of sp³-hybridized carbons (Fsp3) is 0.775. The second-order valence-corrected chi connectivity index (χ2v) is 14.7. The number of benzene rings is 1. The number of amides is 1. The Bertz CT molecular complexity index is 1070. The van der Waals surface area contributed by atoms with Crippen molar-refractivity contribution >= 4 is 28.9 Å². The van der Waals surface area contributed by atoms with Gasteiger partial charge < -0.3 is 52.7 Å². The molecule has 0 spiro atoms. The van der Waals surface area contributed by atoms with E-state index < -0.39 is 17.7 Å². The highest BCUT2D eigenvalue weighted by Crippen LogP contribution is 2.18. The number of esters is 1. The molecule has 318 valence electrons. The average molecular weight is 804 g/mol. The van der Waals surface area contributed by atoms with Gasteiger partial charge in [-0.1, -0.05) is 56.7 Å². The van der Waals surface area contributed by atoms with E-state index in [9.17, 15) is 14.4 Å². The van der Waals surface area contributed by atoms with E-state index in [-0.39, 0.29) is 18.3 Å². The highest BCUT2D eigenvalue weighted by molar-refractivity contribution is 8.13. The minimum absolute atomic E-state index is 0.105. The Hall–Kier alpha value is -2.50. The van der Waals surface area contributed by atoms with E-state index in [0.29, 0.717) is 97.3 Å². The lowest BCUT2D eigenvalue weighted by atomic mass is 10.1. The third-order valence-electron chi connectivity index (χ3n) is 7.28. The minimum atomic E-state index is -0.578. The molecule has 0 unspecified atom stereocenters. The van der Waals surface area contributed by atoms with Crippen molar-refractivity contribution in [3.05, 3.63) is 24.3 Å². The summed E-state index contributed by atoms with van der Waals surface area (Å²) in [4.78, 5) is 34.5. The largest absolute Gasteiger partial charge is 0.491 e. The van der Waals surface area contributed by atoms with Gasteiger partial charge in [-0.2, -0.15) is 0 Å². The molecule has 14 nitrogen and oxygen atoms in total. The van der Waals surface area contributed by atoms with Gasteiger partial charge in [-0.15, -0.1) is 0 Å². The first kappa shape index (κ1) is 50.5. The van der Waals surface area contributed by atoms with Gasteiger partial charge in [0.2, 0.25) is 0 Å². The highest BCUT2D eigenvalue weighted by atomic mass is 32.2. The van der Waals surface area contributed by atoms with Crippen molar-refractivity contribution in [1.82, 2.24) is 5.32 Å². The van der Waals surface area contributed by atoms with Crippen LogP contribution in [0.5, 0.6) is 11.5 Å². The molecule has 0 bridgehead atoms. The number of unbranched alkanes of at least 4 members (excludes halogenated alkanes) is 8. The summed E-state index contributed by atoms with van der Waals surface area (Å²) >= 11 is 1.44. The van der Waals surface area contributed by atoms with Crippen LogP contribution in [0.25, 0.3) is 0 Å². The summed E-state index contributed by atoms with van der Waals surface area (Å²) in [5.41, 5.74) is -0.529. The van der Waals surface area contributed by atoms with Crippen LogP contribution < -0.4 is 14.8 Å². The molecule has 1 N–H and O–H groups in total. The molecule has 55 heavy (non-hydrogen) atoms. The third-order valence-corrected chi connectivity index (χ3v) is 8.18. The zero-order valence-corrected chi connectivity index (χ0v) is 34.7. The van der Waals surface area contributed by atoms with Crippen LogP contribution in [0.4, 0.5) is 4.79 Å². The van der Waals surface area contributed by atoms with Crippen molar-refractivity contribution < 1.29 is 61.8 Å². The van der Waals surface area contributed by atoms with Crippen LogP contribution in [0, 0.1) is 0 Å². The molecular formula is C40H69NO13S. The molecule has 0 fully saturated rings. The van der Waals surface area contributed by atoms with Gasteiger partial charge in [-0.25, -0.2) is 9.59 Å². The summed E-state index contributed by atoms with van der Waals surface area (Å²) in [6.07, 6.45) is 10.5. The Kier molecular flexibility index (Phi) is 33.0. The van der Waals surface area contributed by atoms with Crippen LogP contribution >= 0.6 is 11.8 Å². The van der Waals surface area contributed by atoms with Crippen molar-refractivity contribution in [1.29, 1.82) is 0 Å². The zero-order chi connectivity index (χ0) is 40.1. The summed E-state index contributed by atoms with van der Waals surface area (Å²) < 4.78 is 54.4. The van der Waals surface area contributed by atoms with Gasteiger partial charge in [-0.3, -0.25) is 4.79 Å². The van der Waals surface area contributed by atoms with Crippen molar-refractivity contribution in [2.75, 3.05) is 111 Å². The predicted molar refractivity (Wildman–Crippen MR) is 212 cm³/mol. The number of hydrogen-bond donors (Lipinski definition) is 1. The maximum Gasteiger partial charge on any atom is 0.412 e. The first-order valence-corrected chi connectivity index (χ1v) is 20.7. The fourth-order valence-corrected chi connectivity index (χ4v) is 5.31. The summed E-state index contributed by atoms with van der Waals surface area (Å²) in [5, 5.41) is 2.86. The molecule has 0 radical (unpaired) electrons. The first-order valence-electron chi connectivity index (χ1n) is 19.7. The maximum atomic E-state index is 12.0. The van der Waals surface area contributed by atoms with E-state index >= 15 is 0 Å². The molecule has 1 aromatic rings. The summed E-state index contributed by atoms with van der Waals surface area (Å²) in [5.74, 6) is 1.59. The number of rotatable bonds is 37.